The Bertz CT molecular complexity index is 439. The number of halogens is 2. The van der Waals surface area contributed by atoms with Crippen LogP contribution in [0.4, 0.5) is 10.1 Å². The second kappa shape index (κ2) is 5.30. The van der Waals surface area contributed by atoms with Gasteiger partial charge in [-0.15, -0.1) is 0 Å². The van der Waals surface area contributed by atoms with Crippen LogP contribution in [0.25, 0.3) is 0 Å². The molecule has 2 rings (SSSR count). The predicted octanol–water partition coefficient (Wildman–Crippen LogP) is 2.22. The summed E-state index contributed by atoms with van der Waals surface area (Å²) in [7, 11) is 0. The molecule has 1 saturated heterocycles. The summed E-state index contributed by atoms with van der Waals surface area (Å²) in [4.78, 5) is 12.0. The average Bonchev–Trinajstić information content (AvgIpc) is 2.68. The van der Waals surface area contributed by atoms with Crippen molar-refractivity contribution in [3.8, 4) is 0 Å². The van der Waals surface area contributed by atoms with Crippen LogP contribution >= 0.6 is 22.6 Å². The molecule has 1 fully saturated rings. The fourth-order valence-electron chi connectivity index (χ4n) is 1.98. The highest BCUT2D eigenvalue weighted by molar-refractivity contribution is 14.1. The summed E-state index contributed by atoms with van der Waals surface area (Å²) in [5.41, 5.74) is 0.677. The van der Waals surface area contributed by atoms with E-state index in [9.17, 15) is 9.18 Å². The average molecular weight is 348 g/mol. The Labute approximate surface area is 113 Å². The van der Waals surface area contributed by atoms with Crippen molar-refractivity contribution in [2.24, 2.45) is 11.8 Å². The first-order valence-corrected chi connectivity index (χ1v) is 6.62. The van der Waals surface area contributed by atoms with Gasteiger partial charge in [0, 0.05) is 10.1 Å². The van der Waals surface area contributed by atoms with Gasteiger partial charge in [-0.2, -0.15) is 0 Å². The minimum absolute atomic E-state index is 0.00384. The number of rotatable bonds is 2. The van der Waals surface area contributed by atoms with Crippen LogP contribution in [0.3, 0.4) is 0 Å². The van der Waals surface area contributed by atoms with Crippen molar-refractivity contribution in [1.29, 1.82) is 0 Å². The Morgan fingerprint density at radius 2 is 2.29 bits per heavy atom. The number of hydrogen-bond donors (Lipinski definition) is 2. The Morgan fingerprint density at radius 1 is 1.53 bits per heavy atom. The zero-order chi connectivity index (χ0) is 12.4. The number of anilines is 1. The molecule has 2 atom stereocenters. The first-order valence-electron chi connectivity index (χ1n) is 5.54. The summed E-state index contributed by atoms with van der Waals surface area (Å²) in [6.45, 7) is 3.64. The molecule has 1 aliphatic rings. The molecule has 0 bridgehead atoms. The number of benzene rings is 1. The maximum Gasteiger partial charge on any atom is 0.229 e. The fraction of sp³-hybridized carbons (Fsp3) is 0.417. The fourth-order valence-corrected chi connectivity index (χ4v) is 2.59. The van der Waals surface area contributed by atoms with Crippen LogP contribution in [0.1, 0.15) is 6.92 Å². The summed E-state index contributed by atoms with van der Waals surface area (Å²) in [5, 5.41) is 6.05. The van der Waals surface area contributed by atoms with Gasteiger partial charge in [0.2, 0.25) is 5.91 Å². The van der Waals surface area contributed by atoms with Gasteiger partial charge in [-0.3, -0.25) is 4.79 Å². The van der Waals surface area contributed by atoms with E-state index in [-0.39, 0.29) is 17.6 Å². The molecular weight excluding hydrogens is 334 g/mol. The maximum atomic E-state index is 12.9. The molecule has 2 N–H and O–H groups in total. The molecule has 3 nitrogen and oxygen atoms in total. The second-order valence-corrected chi connectivity index (χ2v) is 5.52. The minimum atomic E-state index is -0.289. The molecule has 17 heavy (non-hydrogen) atoms. The summed E-state index contributed by atoms with van der Waals surface area (Å²) >= 11 is 2.02. The highest BCUT2D eigenvalue weighted by Crippen LogP contribution is 2.22. The normalized spacial score (nSPS) is 23.7. The third-order valence-corrected chi connectivity index (χ3v) is 3.94. The van der Waals surface area contributed by atoms with E-state index >= 15 is 0 Å². The molecule has 0 spiro atoms. The Hall–Kier alpha value is -0.690. The third-order valence-electron chi connectivity index (χ3n) is 3.04. The molecule has 0 aliphatic carbocycles. The van der Waals surface area contributed by atoms with Gasteiger partial charge in [-0.05, 0) is 53.3 Å². The standard InChI is InChI=1S/C12H14FIN2O/c1-7-5-15-6-9(7)12(17)16-11-3-2-8(13)4-10(11)14/h2-4,7,9,15H,5-6H2,1H3,(H,16,17). The van der Waals surface area contributed by atoms with E-state index in [1.54, 1.807) is 6.07 Å². The predicted molar refractivity (Wildman–Crippen MR) is 73.3 cm³/mol. The van der Waals surface area contributed by atoms with Crippen LogP contribution in [0.15, 0.2) is 18.2 Å². The van der Waals surface area contributed by atoms with Crippen LogP contribution in [-0.2, 0) is 4.79 Å². The Morgan fingerprint density at radius 3 is 2.88 bits per heavy atom. The number of carbonyl (C=O) groups is 1. The van der Waals surface area contributed by atoms with Gasteiger partial charge in [0.05, 0.1) is 11.6 Å². The van der Waals surface area contributed by atoms with Crippen LogP contribution in [-0.4, -0.2) is 19.0 Å². The zero-order valence-electron chi connectivity index (χ0n) is 9.47. The monoisotopic (exact) mass is 348 g/mol. The molecule has 2 unspecified atom stereocenters. The molecule has 1 amide bonds. The third kappa shape index (κ3) is 2.95. The van der Waals surface area contributed by atoms with Crippen LogP contribution in [0.2, 0.25) is 0 Å². The molecule has 5 heteroatoms. The lowest BCUT2D eigenvalue weighted by Crippen LogP contribution is -2.28. The molecule has 0 radical (unpaired) electrons. The van der Waals surface area contributed by atoms with E-state index in [1.165, 1.54) is 12.1 Å². The SMILES string of the molecule is CC1CNCC1C(=O)Nc1ccc(F)cc1I. The highest BCUT2D eigenvalue weighted by atomic mass is 127. The van der Waals surface area contributed by atoms with Crippen LogP contribution in [0, 0.1) is 21.2 Å². The number of amides is 1. The van der Waals surface area contributed by atoms with Crippen molar-refractivity contribution in [1.82, 2.24) is 5.32 Å². The van der Waals surface area contributed by atoms with Gasteiger partial charge >= 0.3 is 0 Å². The van der Waals surface area contributed by atoms with Crippen molar-refractivity contribution in [3.05, 3.63) is 27.6 Å². The molecule has 1 heterocycles. The first kappa shape index (κ1) is 12.8. The number of carbonyl (C=O) groups excluding carboxylic acids is 1. The lowest BCUT2D eigenvalue weighted by Gasteiger charge is -2.15. The zero-order valence-corrected chi connectivity index (χ0v) is 11.6. The molecular formula is C12H14FIN2O. The van der Waals surface area contributed by atoms with Crippen molar-refractivity contribution >= 4 is 34.2 Å². The summed E-state index contributed by atoms with van der Waals surface area (Å²) in [6.07, 6.45) is 0. The van der Waals surface area contributed by atoms with Gasteiger partial charge in [0.25, 0.3) is 0 Å². The molecule has 0 aromatic heterocycles. The smallest absolute Gasteiger partial charge is 0.229 e. The quantitative estimate of drug-likeness (QED) is 0.805. The second-order valence-electron chi connectivity index (χ2n) is 4.36. The summed E-state index contributed by atoms with van der Waals surface area (Å²) in [6, 6.07) is 4.36. The van der Waals surface area contributed by atoms with E-state index in [0.717, 1.165) is 10.1 Å². The van der Waals surface area contributed by atoms with Gasteiger partial charge in [-0.25, -0.2) is 4.39 Å². The lowest BCUT2D eigenvalue weighted by atomic mass is 9.97. The molecule has 1 aromatic rings. The molecule has 92 valence electrons. The lowest BCUT2D eigenvalue weighted by molar-refractivity contribution is -0.120. The first-order chi connectivity index (χ1) is 8.08. The van der Waals surface area contributed by atoms with Crippen molar-refractivity contribution in [2.45, 2.75) is 6.92 Å². The van der Waals surface area contributed by atoms with Crippen molar-refractivity contribution in [3.63, 3.8) is 0 Å². The van der Waals surface area contributed by atoms with E-state index < -0.39 is 0 Å². The molecule has 0 saturated carbocycles. The molecule has 1 aromatic carbocycles. The Balaban J connectivity index is 2.07. The minimum Gasteiger partial charge on any atom is -0.325 e. The van der Waals surface area contributed by atoms with E-state index in [0.29, 0.717) is 18.2 Å². The summed E-state index contributed by atoms with van der Waals surface area (Å²) in [5.74, 6) is 0.0549. The molecule has 1 aliphatic heterocycles. The Kier molecular flexibility index (Phi) is 3.98. The largest absolute Gasteiger partial charge is 0.325 e. The van der Waals surface area contributed by atoms with E-state index in [2.05, 4.69) is 17.6 Å². The topological polar surface area (TPSA) is 41.1 Å². The highest BCUT2D eigenvalue weighted by Gasteiger charge is 2.29. The van der Waals surface area contributed by atoms with E-state index in [4.69, 9.17) is 0 Å². The van der Waals surface area contributed by atoms with Crippen molar-refractivity contribution in [2.75, 3.05) is 18.4 Å². The number of nitrogens with one attached hydrogen (secondary N) is 2. The maximum absolute atomic E-state index is 12.9. The van der Waals surface area contributed by atoms with Gasteiger partial charge < -0.3 is 10.6 Å². The van der Waals surface area contributed by atoms with Crippen LogP contribution < -0.4 is 10.6 Å². The van der Waals surface area contributed by atoms with E-state index in [1.807, 2.05) is 22.6 Å². The number of hydrogen-bond acceptors (Lipinski definition) is 2. The van der Waals surface area contributed by atoms with Crippen molar-refractivity contribution < 1.29 is 9.18 Å². The van der Waals surface area contributed by atoms with Crippen LogP contribution in [0.5, 0.6) is 0 Å². The van der Waals surface area contributed by atoms with Gasteiger partial charge in [-0.1, -0.05) is 6.92 Å². The summed E-state index contributed by atoms with van der Waals surface area (Å²) < 4.78 is 13.6. The van der Waals surface area contributed by atoms with Gasteiger partial charge in [0.1, 0.15) is 5.82 Å². The van der Waals surface area contributed by atoms with Gasteiger partial charge in [0.15, 0.2) is 0 Å².